The molecule has 23 heavy (non-hydrogen) atoms. The normalized spacial score (nSPS) is 12.0. The van der Waals surface area contributed by atoms with E-state index in [1.807, 2.05) is 30.3 Å². The van der Waals surface area contributed by atoms with Crippen LogP contribution in [0.5, 0.6) is 0 Å². The van der Waals surface area contributed by atoms with Crippen molar-refractivity contribution in [2.75, 3.05) is 6.61 Å². The van der Waals surface area contributed by atoms with Gasteiger partial charge in [0.05, 0.1) is 12.6 Å². The molecule has 1 unspecified atom stereocenters. The molecule has 0 radical (unpaired) electrons. The third-order valence-electron chi connectivity index (χ3n) is 3.57. The van der Waals surface area contributed by atoms with Crippen LogP contribution >= 0.6 is 0 Å². The van der Waals surface area contributed by atoms with E-state index in [9.17, 15) is 18.7 Å². The summed E-state index contributed by atoms with van der Waals surface area (Å²) in [7, 11) is 0. The van der Waals surface area contributed by atoms with Crippen LogP contribution < -0.4 is 5.32 Å². The van der Waals surface area contributed by atoms with E-state index in [-0.39, 0.29) is 18.9 Å². The van der Waals surface area contributed by atoms with Gasteiger partial charge in [-0.15, -0.1) is 0 Å². The van der Waals surface area contributed by atoms with Gasteiger partial charge in [-0.25, -0.2) is 8.78 Å². The summed E-state index contributed by atoms with van der Waals surface area (Å²) in [5, 5.41) is 12.2. The summed E-state index contributed by atoms with van der Waals surface area (Å²) in [4.78, 5) is 11.9. The molecule has 0 saturated heterocycles. The van der Waals surface area contributed by atoms with Crippen molar-refractivity contribution in [1.82, 2.24) is 5.32 Å². The van der Waals surface area contributed by atoms with Crippen molar-refractivity contribution in [2.45, 2.75) is 25.3 Å². The highest BCUT2D eigenvalue weighted by Gasteiger charge is 2.13. The lowest BCUT2D eigenvalue weighted by molar-refractivity contribution is -0.122. The zero-order valence-corrected chi connectivity index (χ0v) is 12.6. The Labute approximate surface area is 134 Å². The smallest absolute Gasteiger partial charge is 0.220 e. The molecule has 122 valence electrons. The van der Waals surface area contributed by atoms with Gasteiger partial charge in [0.15, 0.2) is 11.6 Å². The van der Waals surface area contributed by atoms with Crippen molar-refractivity contribution in [1.29, 1.82) is 0 Å². The number of aliphatic hydroxyl groups is 1. The minimum Gasteiger partial charge on any atom is -0.394 e. The van der Waals surface area contributed by atoms with Gasteiger partial charge in [-0.1, -0.05) is 36.4 Å². The summed E-state index contributed by atoms with van der Waals surface area (Å²) < 4.78 is 25.9. The van der Waals surface area contributed by atoms with Gasteiger partial charge in [-0.3, -0.25) is 4.79 Å². The highest BCUT2D eigenvalue weighted by atomic mass is 19.2. The van der Waals surface area contributed by atoms with Crippen molar-refractivity contribution < 1.29 is 18.7 Å². The fraction of sp³-hybridized carbons (Fsp3) is 0.278. The molecule has 0 spiro atoms. The molecule has 2 N–H and O–H groups in total. The van der Waals surface area contributed by atoms with E-state index in [1.165, 1.54) is 6.07 Å². The zero-order chi connectivity index (χ0) is 16.7. The largest absolute Gasteiger partial charge is 0.394 e. The van der Waals surface area contributed by atoms with E-state index in [4.69, 9.17) is 0 Å². The highest BCUT2D eigenvalue weighted by Crippen LogP contribution is 2.13. The number of rotatable bonds is 7. The Hall–Kier alpha value is -2.27. The zero-order valence-electron chi connectivity index (χ0n) is 12.6. The van der Waals surface area contributed by atoms with Crippen LogP contribution in [-0.4, -0.2) is 17.6 Å². The molecule has 0 bridgehead atoms. The molecule has 1 atom stereocenters. The number of nitrogens with one attached hydrogen (secondary N) is 1. The Balaban J connectivity index is 1.81. The van der Waals surface area contributed by atoms with E-state index >= 15 is 0 Å². The average molecular weight is 319 g/mol. The second-order valence-electron chi connectivity index (χ2n) is 5.32. The molecule has 5 heteroatoms. The van der Waals surface area contributed by atoms with Crippen molar-refractivity contribution in [2.24, 2.45) is 0 Å². The first-order valence-corrected chi connectivity index (χ1v) is 7.49. The van der Waals surface area contributed by atoms with Gasteiger partial charge in [0, 0.05) is 6.42 Å². The van der Waals surface area contributed by atoms with Crippen LogP contribution in [-0.2, 0) is 11.2 Å². The van der Waals surface area contributed by atoms with Crippen molar-refractivity contribution >= 4 is 5.91 Å². The molecule has 1 amide bonds. The third kappa shape index (κ3) is 5.14. The standard InChI is InChI=1S/C18H19F2NO2/c19-15-10-9-13(11-16(15)20)5-4-8-18(23)21-17(12-22)14-6-2-1-3-7-14/h1-3,6-7,9-11,17,22H,4-5,8,12H2,(H,21,23). The molecule has 0 saturated carbocycles. The summed E-state index contributed by atoms with van der Waals surface area (Å²) in [6, 6.07) is 12.5. The summed E-state index contributed by atoms with van der Waals surface area (Å²) in [5.74, 6) is -1.94. The minimum absolute atomic E-state index is 0.182. The summed E-state index contributed by atoms with van der Waals surface area (Å²) >= 11 is 0. The van der Waals surface area contributed by atoms with Crippen LogP contribution in [0.15, 0.2) is 48.5 Å². The fourth-order valence-electron chi connectivity index (χ4n) is 2.33. The molecule has 0 aliphatic carbocycles. The first kappa shape index (κ1) is 17.1. The number of aryl methyl sites for hydroxylation is 1. The number of carbonyl (C=O) groups excluding carboxylic acids is 1. The maximum Gasteiger partial charge on any atom is 0.220 e. The van der Waals surface area contributed by atoms with E-state index in [2.05, 4.69) is 5.32 Å². The second-order valence-corrected chi connectivity index (χ2v) is 5.32. The Morgan fingerprint density at radius 2 is 1.83 bits per heavy atom. The van der Waals surface area contributed by atoms with E-state index in [0.717, 1.165) is 17.7 Å². The Kier molecular flexibility index (Phi) is 6.23. The summed E-state index contributed by atoms with van der Waals surface area (Å²) in [6.07, 6.45) is 1.26. The minimum atomic E-state index is -0.878. The molecule has 2 aromatic carbocycles. The molecule has 0 aliphatic heterocycles. The molecule has 2 rings (SSSR count). The van der Waals surface area contributed by atoms with Crippen LogP contribution in [0.4, 0.5) is 8.78 Å². The quantitative estimate of drug-likeness (QED) is 0.824. The van der Waals surface area contributed by atoms with Gasteiger partial charge in [0.1, 0.15) is 0 Å². The summed E-state index contributed by atoms with van der Waals surface area (Å²) in [5.41, 5.74) is 1.49. The number of benzene rings is 2. The van der Waals surface area contributed by atoms with Gasteiger partial charge >= 0.3 is 0 Å². The molecule has 0 aromatic heterocycles. The number of amides is 1. The number of aliphatic hydroxyl groups excluding tert-OH is 1. The van der Waals surface area contributed by atoms with Crippen molar-refractivity contribution in [3.05, 3.63) is 71.3 Å². The molecular formula is C18H19F2NO2. The van der Waals surface area contributed by atoms with Crippen LogP contribution in [0.1, 0.15) is 30.0 Å². The van der Waals surface area contributed by atoms with Gasteiger partial charge in [0.2, 0.25) is 5.91 Å². The van der Waals surface area contributed by atoms with Crippen molar-refractivity contribution in [3.8, 4) is 0 Å². The lowest BCUT2D eigenvalue weighted by Crippen LogP contribution is -2.30. The predicted octanol–water partition coefficient (Wildman–Crippen LogP) is 3.14. The van der Waals surface area contributed by atoms with E-state index < -0.39 is 17.7 Å². The topological polar surface area (TPSA) is 49.3 Å². The maximum atomic E-state index is 13.1. The van der Waals surface area contributed by atoms with Gasteiger partial charge in [0.25, 0.3) is 0 Å². The van der Waals surface area contributed by atoms with Crippen molar-refractivity contribution in [3.63, 3.8) is 0 Å². The lowest BCUT2D eigenvalue weighted by Gasteiger charge is -2.16. The number of hydrogen-bond acceptors (Lipinski definition) is 2. The lowest BCUT2D eigenvalue weighted by atomic mass is 10.1. The first-order chi connectivity index (χ1) is 11.1. The molecule has 0 fully saturated rings. The molecule has 0 aliphatic rings. The predicted molar refractivity (Wildman–Crippen MR) is 83.7 cm³/mol. The molecule has 0 heterocycles. The fourth-order valence-corrected chi connectivity index (χ4v) is 2.33. The number of carbonyl (C=O) groups is 1. The maximum absolute atomic E-state index is 13.1. The van der Waals surface area contributed by atoms with Crippen LogP contribution in [0, 0.1) is 11.6 Å². The third-order valence-corrected chi connectivity index (χ3v) is 3.57. The molecular weight excluding hydrogens is 300 g/mol. The van der Waals surface area contributed by atoms with E-state index in [0.29, 0.717) is 18.4 Å². The number of halogens is 2. The Morgan fingerprint density at radius 3 is 2.48 bits per heavy atom. The highest BCUT2D eigenvalue weighted by molar-refractivity contribution is 5.76. The second kappa shape index (κ2) is 8.39. The van der Waals surface area contributed by atoms with Crippen LogP contribution in [0.25, 0.3) is 0 Å². The number of hydrogen-bond donors (Lipinski definition) is 2. The van der Waals surface area contributed by atoms with Gasteiger partial charge < -0.3 is 10.4 Å². The van der Waals surface area contributed by atoms with Gasteiger partial charge in [-0.05, 0) is 36.1 Å². The van der Waals surface area contributed by atoms with Gasteiger partial charge in [-0.2, -0.15) is 0 Å². The average Bonchev–Trinajstić information content (AvgIpc) is 2.56. The Bertz CT molecular complexity index is 647. The van der Waals surface area contributed by atoms with Crippen LogP contribution in [0.3, 0.4) is 0 Å². The van der Waals surface area contributed by atoms with E-state index in [1.54, 1.807) is 0 Å². The molecule has 3 nitrogen and oxygen atoms in total. The SMILES string of the molecule is O=C(CCCc1ccc(F)c(F)c1)NC(CO)c1ccccc1. The molecule has 2 aromatic rings. The first-order valence-electron chi connectivity index (χ1n) is 7.49. The summed E-state index contributed by atoms with van der Waals surface area (Å²) in [6.45, 7) is -0.182. The van der Waals surface area contributed by atoms with Crippen LogP contribution in [0.2, 0.25) is 0 Å². The Morgan fingerprint density at radius 1 is 1.09 bits per heavy atom. The monoisotopic (exact) mass is 319 g/mol.